The first kappa shape index (κ1) is 15.5. The second-order valence-electron chi connectivity index (χ2n) is 5.67. The van der Waals surface area contributed by atoms with E-state index in [4.69, 9.17) is 5.73 Å². The monoisotopic (exact) mass is 284 g/mol. The lowest BCUT2D eigenvalue weighted by Crippen LogP contribution is -2.46. The fourth-order valence-electron chi connectivity index (χ4n) is 2.58. The summed E-state index contributed by atoms with van der Waals surface area (Å²) in [6, 6.07) is 14.2. The van der Waals surface area contributed by atoms with Crippen LogP contribution in [0.4, 0.5) is 5.69 Å². The molecule has 2 aromatic rings. The Hall–Kier alpha value is -1.87. The lowest BCUT2D eigenvalue weighted by atomic mass is 9.85. The number of anilines is 1. The second kappa shape index (κ2) is 6.27. The zero-order chi connectivity index (χ0) is 15.5. The van der Waals surface area contributed by atoms with Gasteiger partial charge in [-0.3, -0.25) is 4.79 Å². The second-order valence-corrected chi connectivity index (χ2v) is 5.67. The molecule has 2 rings (SSSR count). The standard InChI is InChI=1S/C18H24N2O/c1-4-18(3,13-19)17(21)20(5-2)16-12-8-10-14-9-6-7-11-15(14)16/h6-12H,4-5,13,19H2,1-3H3. The van der Waals surface area contributed by atoms with Gasteiger partial charge in [0.25, 0.3) is 0 Å². The number of carbonyl (C=O) groups is 1. The number of carbonyl (C=O) groups excluding carboxylic acids is 1. The van der Waals surface area contributed by atoms with Crippen molar-refractivity contribution < 1.29 is 4.79 Å². The van der Waals surface area contributed by atoms with Gasteiger partial charge in [-0.2, -0.15) is 0 Å². The maximum atomic E-state index is 12.9. The molecule has 0 spiro atoms. The van der Waals surface area contributed by atoms with Crippen LogP contribution >= 0.6 is 0 Å². The van der Waals surface area contributed by atoms with E-state index in [0.717, 1.165) is 22.9 Å². The third-order valence-corrected chi connectivity index (χ3v) is 4.37. The smallest absolute Gasteiger partial charge is 0.234 e. The van der Waals surface area contributed by atoms with Crippen LogP contribution in [0.3, 0.4) is 0 Å². The molecule has 0 aliphatic carbocycles. The third kappa shape index (κ3) is 2.79. The average Bonchev–Trinajstić information content (AvgIpc) is 2.54. The van der Waals surface area contributed by atoms with E-state index < -0.39 is 5.41 Å². The Morgan fingerprint density at radius 3 is 2.43 bits per heavy atom. The molecule has 0 saturated carbocycles. The van der Waals surface area contributed by atoms with Crippen LogP contribution < -0.4 is 10.6 Å². The van der Waals surface area contributed by atoms with Gasteiger partial charge in [-0.05, 0) is 31.7 Å². The summed E-state index contributed by atoms with van der Waals surface area (Å²) in [6.45, 7) is 6.98. The molecule has 0 aromatic heterocycles. The minimum atomic E-state index is -0.507. The molecule has 2 aromatic carbocycles. The summed E-state index contributed by atoms with van der Waals surface area (Å²) in [5, 5.41) is 2.25. The number of benzene rings is 2. The highest BCUT2D eigenvalue weighted by Gasteiger charge is 2.34. The van der Waals surface area contributed by atoms with Gasteiger partial charge in [-0.25, -0.2) is 0 Å². The first-order chi connectivity index (χ1) is 10.1. The van der Waals surface area contributed by atoms with Gasteiger partial charge in [0.15, 0.2) is 0 Å². The van der Waals surface area contributed by atoms with Crippen LogP contribution in [0.2, 0.25) is 0 Å². The van der Waals surface area contributed by atoms with Crippen LogP contribution in [0.25, 0.3) is 10.8 Å². The largest absolute Gasteiger partial charge is 0.329 e. The molecule has 1 amide bonds. The van der Waals surface area contributed by atoms with Crippen LogP contribution in [-0.4, -0.2) is 19.0 Å². The highest BCUT2D eigenvalue weighted by atomic mass is 16.2. The van der Waals surface area contributed by atoms with Crippen molar-refractivity contribution in [1.82, 2.24) is 0 Å². The molecule has 3 heteroatoms. The van der Waals surface area contributed by atoms with Crippen molar-refractivity contribution >= 4 is 22.4 Å². The fourth-order valence-corrected chi connectivity index (χ4v) is 2.58. The molecule has 3 nitrogen and oxygen atoms in total. The van der Waals surface area contributed by atoms with Gasteiger partial charge >= 0.3 is 0 Å². The van der Waals surface area contributed by atoms with E-state index in [0.29, 0.717) is 13.1 Å². The Morgan fingerprint density at radius 2 is 1.81 bits per heavy atom. The summed E-state index contributed by atoms with van der Waals surface area (Å²) in [7, 11) is 0. The molecule has 0 fully saturated rings. The molecule has 1 atom stereocenters. The number of nitrogens with zero attached hydrogens (tertiary/aromatic N) is 1. The Morgan fingerprint density at radius 1 is 1.14 bits per heavy atom. The minimum absolute atomic E-state index is 0.103. The fraction of sp³-hybridized carbons (Fsp3) is 0.389. The molecule has 0 radical (unpaired) electrons. The van der Waals surface area contributed by atoms with Crippen molar-refractivity contribution in [3.63, 3.8) is 0 Å². The molecule has 0 heterocycles. The van der Waals surface area contributed by atoms with Gasteiger partial charge in [0.2, 0.25) is 5.91 Å². The predicted octanol–water partition coefficient (Wildman–Crippen LogP) is 3.57. The van der Waals surface area contributed by atoms with Gasteiger partial charge in [-0.1, -0.05) is 43.3 Å². The molecular weight excluding hydrogens is 260 g/mol. The molecule has 0 bridgehead atoms. The molecular formula is C18H24N2O. The molecule has 0 aliphatic heterocycles. The lowest BCUT2D eigenvalue weighted by Gasteiger charge is -2.33. The van der Waals surface area contributed by atoms with Crippen LogP contribution in [0, 0.1) is 5.41 Å². The molecule has 0 saturated heterocycles. The van der Waals surface area contributed by atoms with Crippen LogP contribution in [0.1, 0.15) is 27.2 Å². The number of amides is 1. The van der Waals surface area contributed by atoms with Crippen molar-refractivity contribution in [2.24, 2.45) is 11.1 Å². The Bertz CT molecular complexity index is 627. The van der Waals surface area contributed by atoms with Crippen molar-refractivity contribution in [1.29, 1.82) is 0 Å². The van der Waals surface area contributed by atoms with Crippen molar-refractivity contribution in [2.75, 3.05) is 18.0 Å². The van der Waals surface area contributed by atoms with E-state index in [1.165, 1.54) is 0 Å². The SMILES string of the molecule is CCN(C(=O)C(C)(CC)CN)c1cccc2ccccc12. The summed E-state index contributed by atoms with van der Waals surface area (Å²) >= 11 is 0. The maximum absolute atomic E-state index is 12.9. The maximum Gasteiger partial charge on any atom is 0.234 e. The number of fused-ring (bicyclic) bond motifs is 1. The summed E-state index contributed by atoms with van der Waals surface area (Å²) in [4.78, 5) is 14.8. The van der Waals surface area contributed by atoms with E-state index in [1.807, 2.05) is 49.9 Å². The first-order valence-corrected chi connectivity index (χ1v) is 7.57. The van der Waals surface area contributed by atoms with Crippen molar-refractivity contribution in [3.8, 4) is 0 Å². The Labute approximate surface area is 126 Å². The normalized spacial score (nSPS) is 13.9. The average molecular weight is 284 g/mol. The summed E-state index contributed by atoms with van der Waals surface area (Å²) in [5.74, 6) is 0.103. The zero-order valence-electron chi connectivity index (χ0n) is 13.1. The van der Waals surface area contributed by atoms with Crippen LogP contribution in [0.5, 0.6) is 0 Å². The Balaban J connectivity index is 2.52. The van der Waals surface area contributed by atoms with E-state index in [1.54, 1.807) is 0 Å². The topological polar surface area (TPSA) is 46.3 Å². The number of hydrogen-bond donors (Lipinski definition) is 1. The molecule has 1 unspecified atom stereocenters. The highest BCUT2D eigenvalue weighted by molar-refractivity contribution is 6.05. The van der Waals surface area contributed by atoms with E-state index in [9.17, 15) is 4.79 Å². The molecule has 21 heavy (non-hydrogen) atoms. The number of rotatable bonds is 5. The van der Waals surface area contributed by atoms with E-state index in [-0.39, 0.29) is 5.91 Å². The van der Waals surface area contributed by atoms with E-state index in [2.05, 4.69) is 18.2 Å². The first-order valence-electron chi connectivity index (χ1n) is 7.57. The van der Waals surface area contributed by atoms with E-state index >= 15 is 0 Å². The van der Waals surface area contributed by atoms with Gasteiger partial charge in [0.1, 0.15) is 0 Å². The quantitative estimate of drug-likeness (QED) is 0.912. The minimum Gasteiger partial charge on any atom is -0.329 e. The van der Waals surface area contributed by atoms with Crippen LogP contribution in [0.15, 0.2) is 42.5 Å². The van der Waals surface area contributed by atoms with Crippen molar-refractivity contribution in [2.45, 2.75) is 27.2 Å². The Kier molecular flexibility index (Phi) is 4.63. The molecule has 2 N–H and O–H groups in total. The predicted molar refractivity (Wildman–Crippen MR) is 89.4 cm³/mol. The molecule has 0 aliphatic rings. The summed E-state index contributed by atoms with van der Waals surface area (Å²) < 4.78 is 0. The summed E-state index contributed by atoms with van der Waals surface area (Å²) in [6.07, 6.45) is 0.740. The van der Waals surface area contributed by atoms with Gasteiger partial charge in [0.05, 0.1) is 11.1 Å². The molecule has 112 valence electrons. The van der Waals surface area contributed by atoms with Gasteiger partial charge < -0.3 is 10.6 Å². The lowest BCUT2D eigenvalue weighted by molar-refractivity contribution is -0.127. The number of nitrogens with two attached hydrogens (primary N) is 1. The highest BCUT2D eigenvalue weighted by Crippen LogP contribution is 2.31. The number of hydrogen-bond acceptors (Lipinski definition) is 2. The van der Waals surface area contributed by atoms with Crippen molar-refractivity contribution in [3.05, 3.63) is 42.5 Å². The third-order valence-electron chi connectivity index (χ3n) is 4.37. The van der Waals surface area contributed by atoms with Gasteiger partial charge in [0, 0.05) is 18.5 Å². The summed E-state index contributed by atoms with van der Waals surface area (Å²) in [5.41, 5.74) is 6.31. The van der Waals surface area contributed by atoms with Gasteiger partial charge in [-0.15, -0.1) is 0 Å². The van der Waals surface area contributed by atoms with Crippen LogP contribution in [-0.2, 0) is 4.79 Å². The zero-order valence-corrected chi connectivity index (χ0v) is 13.1.